The number of piperazine rings is 1. The Balaban J connectivity index is 1.27. The van der Waals surface area contributed by atoms with E-state index in [1.807, 2.05) is 0 Å². The predicted octanol–water partition coefficient (Wildman–Crippen LogP) is 1.88. The number of nitrogens with zero attached hydrogens (tertiary/aromatic N) is 4. The van der Waals surface area contributed by atoms with Crippen molar-refractivity contribution in [2.75, 3.05) is 37.2 Å². The molecular formula is C17H20FN5O3S3. The van der Waals surface area contributed by atoms with Gasteiger partial charge in [0.05, 0.1) is 10.6 Å². The van der Waals surface area contributed by atoms with Gasteiger partial charge in [0.1, 0.15) is 5.82 Å². The fourth-order valence-corrected chi connectivity index (χ4v) is 6.08. The van der Waals surface area contributed by atoms with Gasteiger partial charge in [0.25, 0.3) is 0 Å². The Kier molecular flexibility index (Phi) is 6.04. The smallest absolute Gasteiger partial charge is 0.243 e. The fourth-order valence-electron chi connectivity index (χ4n) is 2.90. The van der Waals surface area contributed by atoms with Gasteiger partial charge in [-0.25, -0.2) is 12.8 Å². The first kappa shape index (κ1) is 20.5. The Morgan fingerprint density at radius 3 is 2.69 bits per heavy atom. The Morgan fingerprint density at radius 2 is 2.00 bits per heavy atom. The van der Waals surface area contributed by atoms with Crippen LogP contribution in [0.25, 0.3) is 0 Å². The van der Waals surface area contributed by atoms with Crippen LogP contribution in [0.3, 0.4) is 0 Å². The highest BCUT2D eigenvalue weighted by atomic mass is 32.2. The van der Waals surface area contributed by atoms with Gasteiger partial charge in [0.15, 0.2) is 4.34 Å². The van der Waals surface area contributed by atoms with E-state index in [0.717, 1.165) is 28.4 Å². The normalized spacial score (nSPS) is 18.0. The third-order valence-corrected chi connectivity index (χ3v) is 8.52. The van der Waals surface area contributed by atoms with Gasteiger partial charge in [-0.15, -0.1) is 10.2 Å². The van der Waals surface area contributed by atoms with E-state index in [1.54, 1.807) is 4.90 Å². The number of aromatic nitrogens is 2. The van der Waals surface area contributed by atoms with Crippen molar-refractivity contribution in [2.45, 2.75) is 28.1 Å². The summed E-state index contributed by atoms with van der Waals surface area (Å²) in [5.41, 5.74) is 0. The molecule has 0 unspecified atom stereocenters. The molecule has 2 heterocycles. The van der Waals surface area contributed by atoms with E-state index in [0.29, 0.717) is 19.1 Å². The van der Waals surface area contributed by atoms with Gasteiger partial charge in [-0.1, -0.05) is 29.2 Å². The van der Waals surface area contributed by atoms with Crippen LogP contribution in [0, 0.1) is 5.82 Å². The van der Waals surface area contributed by atoms with Crippen LogP contribution in [0.4, 0.5) is 9.52 Å². The molecule has 1 aliphatic carbocycles. The highest BCUT2D eigenvalue weighted by molar-refractivity contribution is 8.01. The van der Waals surface area contributed by atoms with E-state index < -0.39 is 15.8 Å². The number of nitrogens with one attached hydrogen (secondary N) is 1. The van der Waals surface area contributed by atoms with Gasteiger partial charge in [-0.2, -0.15) is 4.31 Å². The zero-order valence-electron chi connectivity index (χ0n) is 15.5. The number of rotatable bonds is 7. The number of carbonyl (C=O) groups excluding carboxylic acids is 1. The fraction of sp³-hybridized carbons (Fsp3) is 0.471. The zero-order valence-corrected chi connectivity index (χ0v) is 17.9. The van der Waals surface area contributed by atoms with E-state index in [-0.39, 0.29) is 29.6 Å². The molecule has 1 N–H and O–H groups in total. The Morgan fingerprint density at radius 1 is 1.24 bits per heavy atom. The largest absolute Gasteiger partial charge is 0.357 e. The van der Waals surface area contributed by atoms with Crippen molar-refractivity contribution in [1.82, 2.24) is 19.4 Å². The molecule has 1 amide bonds. The predicted molar refractivity (Wildman–Crippen MR) is 109 cm³/mol. The average Bonchev–Trinajstić information content (AvgIpc) is 3.42. The lowest BCUT2D eigenvalue weighted by Crippen LogP contribution is -2.50. The quantitative estimate of drug-likeness (QED) is 0.634. The minimum atomic E-state index is -3.76. The minimum absolute atomic E-state index is 0.0651. The number of hydrogen-bond donors (Lipinski definition) is 1. The van der Waals surface area contributed by atoms with Crippen LogP contribution in [-0.4, -0.2) is 71.7 Å². The summed E-state index contributed by atoms with van der Waals surface area (Å²) in [5.74, 6) is -0.428. The maximum absolute atomic E-state index is 13.4. The summed E-state index contributed by atoms with van der Waals surface area (Å²) in [5, 5.41) is 12.2. The van der Waals surface area contributed by atoms with E-state index >= 15 is 0 Å². The van der Waals surface area contributed by atoms with Gasteiger partial charge in [-0.3, -0.25) is 4.79 Å². The molecule has 0 atom stereocenters. The van der Waals surface area contributed by atoms with Crippen LogP contribution in [0.2, 0.25) is 0 Å². The van der Waals surface area contributed by atoms with Crippen LogP contribution in [0.5, 0.6) is 0 Å². The minimum Gasteiger partial charge on any atom is -0.357 e. The molecule has 2 aromatic rings. The second kappa shape index (κ2) is 8.54. The highest BCUT2D eigenvalue weighted by Gasteiger charge is 2.30. The molecule has 2 aliphatic rings. The van der Waals surface area contributed by atoms with E-state index in [4.69, 9.17) is 0 Å². The molecule has 0 bridgehead atoms. The second-order valence-electron chi connectivity index (χ2n) is 6.82. The van der Waals surface area contributed by atoms with Gasteiger partial charge in [0.2, 0.25) is 21.1 Å². The van der Waals surface area contributed by atoms with Gasteiger partial charge in [-0.05, 0) is 31.0 Å². The molecule has 156 valence electrons. The van der Waals surface area contributed by atoms with Gasteiger partial charge in [0, 0.05) is 32.2 Å². The van der Waals surface area contributed by atoms with Crippen molar-refractivity contribution in [3.8, 4) is 0 Å². The number of amides is 1. The lowest BCUT2D eigenvalue weighted by molar-refractivity contribution is -0.129. The number of thioether (sulfide) groups is 1. The molecule has 4 rings (SSSR count). The molecule has 1 aliphatic heterocycles. The number of anilines is 1. The molecule has 1 saturated carbocycles. The first-order valence-electron chi connectivity index (χ1n) is 9.18. The number of sulfonamides is 1. The summed E-state index contributed by atoms with van der Waals surface area (Å²) in [6.45, 7) is 0.976. The van der Waals surface area contributed by atoms with Crippen LogP contribution < -0.4 is 5.32 Å². The lowest BCUT2D eigenvalue weighted by Gasteiger charge is -2.34. The summed E-state index contributed by atoms with van der Waals surface area (Å²) in [4.78, 5) is 14.0. The van der Waals surface area contributed by atoms with Crippen LogP contribution >= 0.6 is 23.1 Å². The van der Waals surface area contributed by atoms with E-state index in [1.165, 1.54) is 45.6 Å². The maximum atomic E-state index is 13.4. The van der Waals surface area contributed by atoms with Crippen molar-refractivity contribution in [2.24, 2.45) is 0 Å². The summed E-state index contributed by atoms with van der Waals surface area (Å²) in [6, 6.07) is 5.47. The molecule has 0 radical (unpaired) electrons. The van der Waals surface area contributed by atoms with Crippen LogP contribution in [0.1, 0.15) is 12.8 Å². The molecule has 1 aromatic carbocycles. The van der Waals surface area contributed by atoms with Crippen molar-refractivity contribution < 1.29 is 17.6 Å². The van der Waals surface area contributed by atoms with Crippen molar-refractivity contribution in [3.05, 3.63) is 30.1 Å². The molecule has 0 spiro atoms. The van der Waals surface area contributed by atoms with Crippen LogP contribution in [-0.2, 0) is 14.8 Å². The molecular weight excluding hydrogens is 437 g/mol. The summed E-state index contributed by atoms with van der Waals surface area (Å²) in [6.07, 6.45) is 2.31. The molecule has 1 saturated heterocycles. The van der Waals surface area contributed by atoms with Crippen molar-refractivity contribution in [3.63, 3.8) is 0 Å². The topological polar surface area (TPSA) is 95.5 Å². The Bertz CT molecular complexity index is 988. The monoisotopic (exact) mass is 457 g/mol. The Hall–Kier alpha value is -1.76. The summed E-state index contributed by atoms with van der Waals surface area (Å²) in [7, 11) is -3.76. The van der Waals surface area contributed by atoms with E-state index in [9.17, 15) is 17.6 Å². The lowest BCUT2D eigenvalue weighted by atomic mass is 10.3. The van der Waals surface area contributed by atoms with Gasteiger partial charge < -0.3 is 10.2 Å². The number of hydrogen-bond acceptors (Lipinski definition) is 8. The van der Waals surface area contributed by atoms with Crippen molar-refractivity contribution >= 4 is 44.2 Å². The summed E-state index contributed by atoms with van der Waals surface area (Å²) >= 11 is 2.77. The molecule has 8 nitrogen and oxygen atoms in total. The SMILES string of the molecule is O=C(CSc1nnc(NC2CC2)s1)N1CCN(S(=O)(=O)c2cccc(F)c2)CC1. The first-order valence-corrected chi connectivity index (χ1v) is 12.4. The highest BCUT2D eigenvalue weighted by Crippen LogP contribution is 2.30. The standard InChI is InChI=1S/C17H20FN5O3S3/c18-12-2-1-3-14(10-12)29(25,26)23-8-6-22(7-9-23)15(24)11-27-17-21-20-16(28-17)19-13-4-5-13/h1-3,10,13H,4-9,11H2,(H,19,20). The van der Waals surface area contributed by atoms with Crippen molar-refractivity contribution in [1.29, 1.82) is 0 Å². The average molecular weight is 458 g/mol. The molecule has 12 heteroatoms. The second-order valence-corrected chi connectivity index (χ2v) is 11.0. The van der Waals surface area contributed by atoms with Crippen LogP contribution in [0.15, 0.2) is 33.5 Å². The van der Waals surface area contributed by atoms with Gasteiger partial charge >= 0.3 is 0 Å². The van der Waals surface area contributed by atoms with E-state index in [2.05, 4.69) is 15.5 Å². The third kappa shape index (κ3) is 5.05. The number of halogens is 1. The number of benzene rings is 1. The Labute approximate surface area is 176 Å². The third-order valence-electron chi connectivity index (χ3n) is 4.66. The molecule has 2 fully saturated rings. The summed E-state index contributed by atoms with van der Waals surface area (Å²) < 4.78 is 40.7. The first-order chi connectivity index (χ1) is 13.9. The number of carbonyl (C=O) groups is 1. The maximum Gasteiger partial charge on any atom is 0.243 e. The zero-order chi connectivity index (χ0) is 20.4. The molecule has 1 aromatic heterocycles. The molecule has 29 heavy (non-hydrogen) atoms.